The van der Waals surface area contributed by atoms with E-state index in [4.69, 9.17) is 0 Å². The van der Waals surface area contributed by atoms with Crippen LogP contribution >= 0.6 is 11.8 Å². The van der Waals surface area contributed by atoms with Crippen molar-refractivity contribution >= 4 is 29.4 Å². The minimum atomic E-state index is -1.08. The molecule has 0 saturated carbocycles. The number of rotatable bonds is 4. The molecule has 0 aliphatic carbocycles. The highest BCUT2D eigenvalue weighted by molar-refractivity contribution is 7.98. The molecular formula is C17H11F2N5O2S. The number of thioether (sulfide) groups is 1. The van der Waals surface area contributed by atoms with Crippen molar-refractivity contribution in [1.82, 2.24) is 15.0 Å². The van der Waals surface area contributed by atoms with Crippen LogP contribution in [0, 0.1) is 23.0 Å². The molecule has 3 rings (SSSR count). The van der Waals surface area contributed by atoms with Crippen LogP contribution in [0.25, 0.3) is 11.4 Å². The third kappa shape index (κ3) is 3.37. The monoisotopic (exact) mass is 387 g/mol. The summed E-state index contributed by atoms with van der Waals surface area (Å²) in [6.07, 6.45) is 2.81. The van der Waals surface area contributed by atoms with Crippen molar-refractivity contribution in [3.05, 3.63) is 47.0 Å². The summed E-state index contributed by atoms with van der Waals surface area (Å²) < 4.78 is 26.7. The Kier molecular flexibility index (Phi) is 4.87. The summed E-state index contributed by atoms with van der Waals surface area (Å²) in [4.78, 5) is 32.3. The number of halogens is 2. The predicted octanol–water partition coefficient (Wildman–Crippen LogP) is 2.66. The molecule has 1 aromatic heterocycles. The molecule has 136 valence electrons. The Morgan fingerprint density at radius 2 is 1.96 bits per heavy atom. The number of nitrogens with zero attached hydrogens (tertiary/aromatic N) is 4. The van der Waals surface area contributed by atoms with Gasteiger partial charge < -0.3 is 0 Å². The maximum Gasteiger partial charge on any atom is 0.275 e. The van der Waals surface area contributed by atoms with Gasteiger partial charge in [-0.1, -0.05) is 0 Å². The molecule has 0 spiro atoms. The van der Waals surface area contributed by atoms with Crippen molar-refractivity contribution in [3.8, 4) is 17.5 Å². The number of nitriles is 1. The normalized spacial score (nSPS) is 13.6. The van der Waals surface area contributed by atoms with Crippen LogP contribution < -0.4 is 5.43 Å². The number of hydrazine groups is 1. The lowest BCUT2D eigenvalue weighted by Gasteiger charge is -2.18. The predicted molar refractivity (Wildman–Crippen MR) is 93.1 cm³/mol. The first-order valence-corrected chi connectivity index (χ1v) is 8.73. The first kappa shape index (κ1) is 18.5. The summed E-state index contributed by atoms with van der Waals surface area (Å²) in [5.41, 5.74) is 2.94. The van der Waals surface area contributed by atoms with Gasteiger partial charge in [-0.3, -0.25) is 15.0 Å². The summed E-state index contributed by atoms with van der Waals surface area (Å²) in [6, 6.07) is 5.05. The molecule has 0 radical (unpaired) electrons. The van der Waals surface area contributed by atoms with Crippen molar-refractivity contribution in [2.24, 2.45) is 0 Å². The molecule has 0 unspecified atom stereocenters. The second kappa shape index (κ2) is 7.13. The topological polar surface area (TPSA) is 99.0 Å². The third-order valence-corrected chi connectivity index (χ3v) is 4.36. The SMILES string of the molecule is CSc1nc(-c2ccc(F)c(F)c2)nc(NN2C(=O)C=C(C)C2=O)c1C#N. The van der Waals surface area contributed by atoms with Crippen LogP contribution in [0.2, 0.25) is 0 Å². The zero-order valence-electron chi connectivity index (χ0n) is 14.1. The maximum atomic E-state index is 13.6. The number of nitrogens with one attached hydrogen (secondary N) is 1. The first-order chi connectivity index (χ1) is 12.8. The molecule has 0 atom stereocenters. The average Bonchev–Trinajstić information content (AvgIpc) is 2.89. The first-order valence-electron chi connectivity index (χ1n) is 7.50. The van der Waals surface area contributed by atoms with E-state index < -0.39 is 23.4 Å². The number of imide groups is 1. The van der Waals surface area contributed by atoms with Gasteiger partial charge in [0.2, 0.25) is 0 Å². The van der Waals surface area contributed by atoms with E-state index in [9.17, 15) is 23.6 Å². The second-order valence-electron chi connectivity index (χ2n) is 5.44. The number of hydrogen-bond acceptors (Lipinski definition) is 7. The highest BCUT2D eigenvalue weighted by Crippen LogP contribution is 2.29. The number of benzene rings is 1. The largest absolute Gasteiger partial charge is 0.275 e. The number of aromatic nitrogens is 2. The van der Waals surface area contributed by atoms with Crippen LogP contribution in [0.3, 0.4) is 0 Å². The minimum Gasteiger partial charge on any atom is -0.270 e. The smallest absolute Gasteiger partial charge is 0.270 e. The summed E-state index contributed by atoms with van der Waals surface area (Å²) >= 11 is 1.13. The van der Waals surface area contributed by atoms with Crippen LogP contribution in [0.5, 0.6) is 0 Å². The van der Waals surface area contributed by atoms with E-state index in [2.05, 4.69) is 15.4 Å². The lowest BCUT2D eigenvalue weighted by molar-refractivity contribution is -0.135. The van der Waals surface area contributed by atoms with Gasteiger partial charge in [0.1, 0.15) is 16.7 Å². The molecule has 0 saturated heterocycles. The van der Waals surface area contributed by atoms with Gasteiger partial charge in [-0.2, -0.15) is 10.3 Å². The van der Waals surface area contributed by atoms with E-state index in [0.29, 0.717) is 0 Å². The molecule has 10 heteroatoms. The highest BCUT2D eigenvalue weighted by atomic mass is 32.2. The van der Waals surface area contributed by atoms with Crippen molar-refractivity contribution in [2.75, 3.05) is 11.7 Å². The molecule has 1 aliphatic heterocycles. The maximum absolute atomic E-state index is 13.6. The molecule has 1 N–H and O–H groups in total. The fourth-order valence-corrected chi connectivity index (χ4v) is 2.86. The zero-order chi connectivity index (χ0) is 19.7. The van der Waals surface area contributed by atoms with E-state index in [1.165, 1.54) is 13.0 Å². The standard InChI is InChI=1S/C17H11F2N5O2S/c1-8-5-13(25)24(17(8)26)23-15-10(7-20)16(27-2)22-14(21-15)9-3-4-11(18)12(19)6-9/h3-6H,1-2H3,(H,21,22,23). The molecular weight excluding hydrogens is 376 g/mol. The molecule has 7 nitrogen and oxygen atoms in total. The summed E-state index contributed by atoms with van der Waals surface area (Å²) in [5, 5.41) is 10.4. The van der Waals surface area contributed by atoms with E-state index in [1.54, 1.807) is 6.26 Å². The highest BCUT2D eigenvalue weighted by Gasteiger charge is 2.30. The molecule has 2 aromatic rings. The summed E-state index contributed by atoms with van der Waals surface area (Å²) in [5.74, 6) is -3.39. The summed E-state index contributed by atoms with van der Waals surface area (Å²) in [7, 11) is 0. The molecule has 1 aromatic carbocycles. The van der Waals surface area contributed by atoms with Crippen LogP contribution in [0.1, 0.15) is 12.5 Å². The van der Waals surface area contributed by atoms with E-state index >= 15 is 0 Å². The Balaban J connectivity index is 2.09. The van der Waals surface area contributed by atoms with Gasteiger partial charge in [-0.05, 0) is 31.4 Å². The Labute approximate surface area is 156 Å². The third-order valence-electron chi connectivity index (χ3n) is 3.68. The van der Waals surface area contributed by atoms with Crippen molar-refractivity contribution in [2.45, 2.75) is 11.9 Å². The molecule has 0 bridgehead atoms. The minimum absolute atomic E-state index is 0.00326. The number of carbonyl (C=O) groups excluding carboxylic acids is 2. The van der Waals surface area contributed by atoms with Gasteiger partial charge in [0.25, 0.3) is 11.8 Å². The second-order valence-corrected chi connectivity index (χ2v) is 6.23. The van der Waals surface area contributed by atoms with Gasteiger partial charge in [0.15, 0.2) is 23.3 Å². The number of hydrogen-bond donors (Lipinski definition) is 1. The van der Waals surface area contributed by atoms with Gasteiger partial charge in [0.05, 0.1) is 0 Å². The Morgan fingerprint density at radius 1 is 1.22 bits per heavy atom. The van der Waals surface area contributed by atoms with E-state index in [-0.39, 0.29) is 33.4 Å². The Hall–Kier alpha value is -3.32. The lowest BCUT2D eigenvalue weighted by Crippen LogP contribution is -2.37. The van der Waals surface area contributed by atoms with Gasteiger partial charge in [0, 0.05) is 17.2 Å². The Bertz CT molecular complexity index is 1050. The van der Waals surface area contributed by atoms with Crippen LogP contribution in [-0.4, -0.2) is 33.0 Å². The average molecular weight is 387 g/mol. The fraction of sp³-hybridized carbons (Fsp3) is 0.118. The van der Waals surface area contributed by atoms with E-state index in [0.717, 1.165) is 35.0 Å². The van der Waals surface area contributed by atoms with Crippen LogP contribution in [0.15, 0.2) is 34.9 Å². The van der Waals surface area contributed by atoms with Crippen LogP contribution in [0.4, 0.5) is 14.6 Å². The van der Waals surface area contributed by atoms with Crippen LogP contribution in [-0.2, 0) is 9.59 Å². The summed E-state index contributed by atoms with van der Waals surface area (Å²) in [6.45, 7) is 1.48. The van der Waals surface area contributed by atoms with Crippen molar-refractivity contribution in [1.29, 1.82) is 5.26 Å². The molecule has 0 fully saturated rings. The van der Waals surface area contributed by atoms with Gasteiger partial charge >= 0.3 is 0 Å². The lowest BCUT2D eigenvalue weighted by atomic mass is 10.2. The van der Waals surface area contributed by atoms with Crippen molar-refractivity contribution < 1.29 is 18.4 Å². The number of amides is 2. The molecule has 1 aliphatic rings. The molecule has 2 heterocycles. The van der Waals surface area contributed by atoms with Gasteiger partial charge in [-0.15, -0.1) is 11.8 Å². The number of anilines is 1. The van der Waals surface area contributed by atoms with Gasteiger partial charge in [-0.25, -0.2) is 18.7 Å². The Morgan fingerprint density at radius 3 is 2.52 bits per heavy atom. The molecule has 2 amide bonds. The molecule has 27 heavy (non-hydrogen) atoms. The quantitative estimate of drug-likeness (QED) is 0.489. The van der Waals surface area contributed by atoms with E-state index in [1.807, 2.05) is 6.07 Å². The van der Waals surface area contributed by atoms with Crippen molar-refractivity contribution in [3.63, 3.8) is 0 Å². The zero-order valence-corrected chi connectivity index (χ0v) is 14.9. The fourth-order valence-electron chi connectivity index (χ4n) is 2.33. The number of carbonyl (C=O) groups is 2.